The van der Waals surface area contributed by atoms with Gasteiger partial charge in [-0.1, -0.05) is 35.1 Å². The van der Waals surface area contributed by atoms with E-state index in [0.717, 1.165) is 27.1 Å². The lowest BCUT2D eigenvalue weighted by molar-refractivity contribution is -0.117. The highest BCUT2D eigenvalue weighted by molar-refractivity contribution is 7.16. The van der Waals surface area contributed by atoms with Gasteiger partial charge in [0.05, 0.1) is 30.4 Å². The summed E-state index contributed by atoms with van der Waals surface area (Å²) < 4.78 is 13.9. The van der Waals surface area contributed by atoms with E-state index < -0.39 is 0 Å². The molecule has 0 spiro atoms. The molecule has 6 heteroatoms. The Morgan fingerprint density at radius 2 is 2.00 bits per heavy atom. The van der Waals surface area contributed by atoms with Crippen molar-refractivity contribution in [2.75, 3.05) is 20.3 Å². The van der Waals surface area contributed by atoms with Gasteiger partial charge in [0.15, 0.2) is 4.80 Å². The third-order valence-electron chi connectivity index (χ3n) is 4.61. The molecule has 1 amide bonds. The minimum atomic E-state index is -0.143. The second-order valence-electron chi connectivity index (χ2n) is 6.68. The molecule has 0 saturated carbocycles. The Morgan fingerprint density at radius 1 is 1.18 bits per heavy atom. The summed E-state index contributed by atoms with van der Waals surface area (Å²) in [6, 6.07) is 12.0. The average molecular weight is 399 g/mol. The molecular weight excluding hydrogens is 372 g/mol. The van der Waals surface area contributed by atoms with E-state index in [1.807, 2.05) is 44.2 Å². The van der Waals surface area contributed by atoms with E-state index in [9.17, 15) is 4.79 Å². The molecule has 0 atom stereocenters. The molecule has 2 aromatic carbocycles. The molecule has 0 N–H and O–H groups in total. The van der Waals surface area contributed by atoms with Crippen molar-refractivity contribution in [3.05, 3.63) is 57.9 Å². The monoisotopic (exact) mass is 398 g/mol. The second kappa shape index (κ2) is 9.17. The van der Waals surface area contributed by atoms with Crippen LogP contribution in [0.2, 0.25) is 0 Å². The molecule has 0 bridgehead atoms. The van der Waals surface area contributed by atoms with E-state index in [0.29, 0.717) is 31.0 Å². The van der Waals surface area contributed by atoms with Crippen LogP contribution in [0.15, 0.2) is 41.4 Å². The zero-order valence-electron chi connectivity index (χ0n) is 16.8. The van der Waals surface area contributed by atoms with Crippen LogP contribution in [0.5, 0.6) is 5.75 Å². The summed E-state index contributed by atoms with van der Waals surface area (Å²) in [5, 5.41) is 0. The molecule has 3 rings (SSSR count). The predicted molar refractivity (Wildman–Crippen MR) is 113 cm³/mol. The standard InChI is InChI=1S/C22H26N2O3S/c1-5-27-11-10-24-19-9-8-18(26-4)14-20(19)28-22(24)23-21(25)13-17-7-6-15(2)12-16(17)3/h6-9,12,14H,5,10-11,13H2,1-4H3. The average Bonchev–Trinajstić information content (AvgIpc) is 3.00. The maximum Gasteiger partial charge on any atom is 0.252 e. The van der Waals surface area contributed by atoms with Gasteiger partial charge in [0, 0.05) is 13.2 Å². The van der Waals surface area contributed by atoms with Crippen LogP contribution in [0, 0.1) is 13.8 Å². The summed E-state index contributed by atoms with van der Waals surface area (Å²) in [4.78, 5) is 17.8. The van der Waals surface area contributed by atoms with Crippen molar-refractivity contribution in [2.24, 2.45) is 4.99 Å². The highest BCUT2D eigenvalue weighted by Crippen LogP contribution is 2.23. The molecular formula is C22H26N2O3S. The van der Waals surface area contributed by atoms with Crippen LogP contribution < -0.4 is 9.54 Å². The van der Waals surface area contributed by atoms with Gasteiger partial charge in [-0.05, 0) is 50.1 Å². The van der Waals surface area contributed by atoms with Crippen LogP contribution in [0.3, 0.4) is 0 Å². The molecule has 0 aliphatic heterocycles. The smallest absolute Gasteiger partial charge is 0.252 e. The molecule has 5 nitrogen and oxygen atoms in total. The zero-order chi connectivity index (χ0) is 20.1. The van der Waals surface area contributed by atoms with Gasteiger partial charge in [0.25, 0.3) is 5.91 Å². The number of aromatic nitrogens is 1. The summed E-state index contributed by atoms with van der Waals surface area (Å²) in [7, 11) is 1.65. The maximum atomic E-state index is 12.7. The number of benzene rings is 2. The first-order valence-electron chi connectivity index (χ1n) is 9.40. The molecule has 0 saturated heterocycles. The van der Waals surface area contributed by atoms with Gasteiger partial charge in [0.1, 0.15) is 5.75 Å². The van der Waals surface area contributed by atoms with Gasteiger partial charge in [-0.15, -0.1) is 0 Å². The molecule has 28 heavy (non-hydrogen) atoms. The van der Waals surface area contributed by atoms with Crippen molar-refractivity contribution in [2.45, 2.75) is 33.7 Å². The molecule has 1 aromatic heterocycles. The lowest BCUT2D eigenvalue weighted by atomic mass is 10.0. The minimum Gasteiger partial charge on any atom is -0.497 e. The highest BCUT2D eigenvalue weighted by Gasteiger charge is 2.10. The van der Waals surface area contributed by atoms with Crippen molar-refractivity contribution in [1.82, 2.24) is 4.57 Å². The molecule has 1 heterocycles. The largest absolute Gasteiger partial charge is 0.497 e. The van der Waals surface area contributed by atoms with E-state index in [4.69, 9.17) is 9.47 Å². The molecule has 0 unspecified atom stereocenters. The van der Waals surface area contributed by atoms with E-state index in [-0.39, 0.29) is 5.91 Å². The third kappa shape index (κ3) is 4.69. The lowest BCUT2D eigenvalue weighted by Crippen LogP contribution is -2.20. The fourth-order valence-electron chi connectivity index (χ4n) is 3.14. The number of thiazole rings is 1. The summed E-state index contributed by atoms with van der Waals surface area (Å²) in [6.45, 7) is 7.94. The summed E-state index contributed by atoms with van der Waals surface area (Å²) in [5.41, 5.74) is 4.36. The van der Waals surface area contributed by atoms with Gasteiger partial charge >= 0.3 is 0 Å². The van der Waals surface area contributed by atoms with Crippen molar-refractivity contribution in [3.8, 4) is 5.75 Å². The van der Waals surface area contributed by atoms with Gasteiger partial charge in [-0.2, -0.15) is 4.99 Å². The van der Waals surface area contributed by atoms with Crippen LogP contribution in [0.1, 0.15) is 23.6 Å². The molecule has 148 valence electrons. The molecule has 0 aliphatic carbocycles. The number of aryl methyl sites for hydroxylation is 2. The van der Waals surface area contributed by atoms with Crippen LogP contribution >= 0.6 is 11.3 Å². The van der Waals surface area contributed by atoms with Crippen LogP contribution in [0.4, 0.5) is 0 Å². The highest BCUT2D eigenvalue weighted by atomic mass is 32.1. The van der Waals surface area contributed by atoms with Crippen molar-refractivity contribution < 1.29 is 14.3 Å². The number of carbonyl (C=O) groups is 1. The molecule has 0 fully saturated rings. The van der Waals surface area contributed by atoms with E-state index >= 15 is 0 Å². The van der Waals surface area contributed by atoms with E-state index in [1.165, 1.54) is 16.9 Å². The number of hydrogen-bond acceptors (Lipinski definition) is 4. The minimum absolute atomic E-state index is 0.143. The summed E-state index contributed by atoms with van der Waals surface area (Å²) in [5.74, 6) is 0.648. The predicted octanol–water partition coefficient (Wildman–Crippen LogP) is 4.03. The Bertz CT molecular complexity index is 1050. The van der Waals surface area contributed by atoms with Gasteiger partial charge in [-0.3, -0.25) is 4.79 Å². The van der Waals surface area contributed by atoms with Crippen molar-refractivity contribution in [3.63, 3.8) is 0 Å². The molecule has 3 aromatic rings. The SMILES string of the molecule is CCOCCn1c(=NC(=O)Cc2ccc(C)cc2C)sc2cc(OC)ccc21. The Hall–Kier alpha value is -2.44. The fraction of sp³-hybridized carbons (Fsp3) is 0.364. The number of amides is 1. The first kappa shape index (κ1) is 20.3. The summed E-state index contributed by atoms with van der Waals surface area (Å²) in [6.07, 6.45) is 0.301. The van der Waals surface area contributed by atoms with Gasteiger partial charge in [-0.25, -0.2) is 0 Å². The molecule has 0 aliphatic rings. The quantitative estimate of drug-likeness (QED) is 0.565. The van der Waals surface area contributed by atoms with Crippen LogP contribution in [-0.4, -0.2) is 30.8 Å². The zero-order valence-corrected chi connectivity index (χ0v) is 17.6. The first-order valence-corrected chi connectivity index (χ1v) is 10.2. The lowest BCUT2D eigenvalue weighted by Gasteiger charge is -2.06. The van der Waals surface area contributed by atoms with Crippen LogP contribution in [-0.2, 0) is 22.5 Å². The number of fused-ring (bicyclic) bond motifs is 1. The number of methoxy groups -OCH3 is 1. The van der Waals surface area contributed by atoms with Crippen LogP contribution in [0.25, 0.3) is 10.2 Å². The second-order valence-corrected chi connectivity index (χ2v) is 7.69. The number of carbonyl (C=O) groups excluding carboxylic acids is 1. The number of ether oxygens (including phenoxy) is 2. The Balaban J connectivity index is 1.96. The maximum absolute atomic E-state index is 12.7. The van der Waals surface area contributed by atoms with E-state index in [2.05, 4.69) is 22.5 Å². The number of rotatable bonds is 7. The van der Waals surface area contributed by atoms with Crippen molar-refractivity contribution >= 4 is 27.5 Å². The first-order chi connectivity index (χ1) is 13.5. The third-order valence-corrected chi connectivity index (χ3v) is 5.65. The fourth-order valence-corrected chi connectivity index (χ4v) is 4.24. The molecule has 0 radical (unpaired) electrons. The Labute approximate surface area is 169 Å². The number of nitrogens with zero attached hydrogens (tertiary/aromatic N) is 2. The van der Waals surface area contributed by atoms with E-state index in [1.54, 1.807) is 7.11 Å². The topological polar surface area (TPSA) is 52.8 Å². The number of hydrogen-bond donors (Lipinski definition) is 0. The summed E-state index contributed by atoms with van der Waals surface area (Å²) >= 11 is 1.50. The normalized spacial score (nSPS) is 11.9. The Kier molecular flexibility index (Phi) is 6.65. The van der Waals surface area contributed by atoms with Gasteiger partial charge in [0.2, 0.25) is 0 Å². The van der Waals surface area contributed by atoms with Crippen molar-refractivity contribution in [1.29, 1.82) is 0 Å². The van der Waals surface area contributed by atoms with Gasteiger partial charge < -0.3 is 14.0 Å². The Morgan fingerprint density at radius 3 is 2.71 bits per heavy atom.